The molecule has 0 radical (unpaired) electrons. The largest absolute Gasteiger partial charge is 0.248 e. The van der Waals surface area contributed by atoms with Gasteiger partial charge in [-0.2, -0.15) is 5.26 Å². The van der Waals surface area contributed by atoms with Crippen molar-refractivity contribution in [1.82, 2.24) is 4.98 Å². The van der Waals surface area contributed by atoms with Gasteiger partial charge in [-0.15, -0.1) is 0 Å². The van der Waals surface area contributed by atoms with E-state index in [1.54, 1.807) is 0 Å². The lowest BCUT2D eigenvalue weighted by atomic mass is 9.97. The molecule has 2 nitrogen and oxygen atoms in total. The van der Waals surface area contributed by atoms with Crippen LogP contribution in [0, 0.1) is 11.3 Å². The highest BCUT2D eigenvalue weighted by Gasteiger charge is 2.12. The minimum absolute atomic E-state index is 0.630. The number of hydrogen-bond acceptors (Lipinski definition) is 2. The summed E-state index contributed by atoms with van der Waals surface area (Å²) in [5, 5.41) is 10.5. The van der Waals surface area contributed by atoms with Crippen molar-refractivity contribution >= 4 is 26.8 Å². The molecule has 0 saturated heterocycles. The Kier molecular flexibility index (Phi) is 4.05. The zero-order valence-electron chi connectivity index (χ0n) is 13.3. The van der Waals surface area contributed by atoms with Crippen LogP contribution in [0.4, 0.5) is 0 Å². The first-order valence-corrected chi connectivity index (χ1v) is 8.71. The topological polar surface area (TPSA) is 36.7 Å². The number of halogens is 1. The number of nitrogens with zero attached hydrogens (tertiary/aromatic N) is 2. The molecule has 4 aromatic rings. The number of benzene rings is 3. The Bertz CT molecular complexity index is 1110. The summed E-state index contributed by atoms with van der Waals surface area (Å²) in [5.74, 6) is 0. The van der Waals surface area contributed by atoms with Crippen molar-refractivity contribution in [2.24, 2.45) is 0 Å². The molecular formula is C22H13BrN2. The van der Waals surface area contributed by atoms with Crippen LogP contribution in [0.15, 0.2) is 83.3 Å². The Labute approximate surface area is 154 Å². The van der Waals surface area contributed by atoms with Gasteiger partial charge in [-0.1, -0.05) is 64.5 Å². The van der Waals surface area contributed by atoms with Crippen molar-refractivity contribution in [3.8, 4) is 28.5 Å². The fraction of sp³-hybridized carbons (Fsp3) is 0. The molecule has 0 unspecified atom stereocenters. The Morgan fingerprint density at radius 2 is 1.56 bits per heavy atom. The fourth-order valence-electron chi connectivity index (χ4n) is 3.00. The van der Waals surface area contributed by atoms with Gasteiger partial charge < -0.3 is 0 Å². The molecule has 1 aromatic heterocycles. The van der Waals surface area contributed by atoms with E-state index in [4.69, 9.17) is 4.98 Å². The van der Waals surface area contributed by atoms with Crippen LogP contribution >= 0.6 is 15.9 Å². The van der Waals surface area contributed by atoms with Crippen molar-refractivity contribution in [3.63, 3.8) is 0 Å². The maximum absolute atomic E-state index is 9.43. The first-order chi connectivity index (χ1) is 12.3. The monoisotopic (exact) mass is 384 g/mol. The maximum atomic E-state index is 9.43. The lowest BCUT2D eigenvalue weighted by Gasteiger charge is -2.11. The molecule has 0 bridgehead atoms. The smallest absolute Gasteiger partial charge is 0.0998 e. The van der Waals surface area contributed by atoms with Crippen LogP contribution in [-0.4, -0.2) is 4.98 Å². The molecule has 0 aliphatic rings. The second kappa shape index (κ2) is 6.51. The zero-order valence-corrected chi connectivity index (χ0v) is 14.9. The molecule has 0 spiro atoms. The molecule has 25 heavy (non-hydrogen) atoms. The van der Waals surface area contributed by atoms with Gasteiger partial charge in [-0.05, 0) is 41.5 Å². The van der Waals surface area contributed by atoms with Gasteiger partial charge in [-0.25, -0.2) is 4.98 Å². The van der Waals surface area contributed by atoms with Gasteiger partial charge in [0.1, 0.15) is 0 Å². The minimum atomic E-state index is 0.630. The molecule has 1 heterocycles. The standard InChI is InChI=1S/C22H13BrN2/c23-17-10-11-21-20(12-17)19(15-6-2-1-3-7-15)13-22(25-21)18-9-5-4-8-16(18)14-24/h1-13H. The molecule has 4 rings (SSSR count). The van der Waals surface area contributed by atoms with E-state index in [-0.39, 0.29) is 0 Å². The first-order valence-electron chi connectivity index (χ1n) is 7.91. The predicted octanol–water partition coefficient (Wildman–Crippen LogP) is 6.20. The third kappa shape index (κ3) is 2.93. The third-order valence-electron chi connectivity index (χ3n) is 4.18. The fourth-order valence-corrected chi connectivity index (χ4v) is 3.36. The van der Waals surface area contributed by atoms with Crippen LogP contribution in [0.5, 0.6) is 0 Å². The van der Waals surface area contributed by atoms with E-state index in [1.165, 1.54) is 0 Å². The SMILES string of the molecule is N#Cc1ccccc1-c1cc(-c2ccccc2)c2cc(Br)ccc2n1. The van der Waals surface area contributed by atoms with Gasteiger partial charge >= 0.3 is 0 Å². The van der Waals surface area contributed by atoms with E-state index < -0.39 is 0 Å². The second-order valence-corrected chi connectivity index (χ2v) is 6.66. The Balaban J connectivity index is 2.06. The number of fused-ring (bicyclic) bond motifs is 1. The maximum Gasteiger partial charge on any atom is 0.0998 e. The third-order valence-corrected chi connectivity index (χ3v) is 4.67. The molecule has 0 amide bonds. The summed E-state index contributed by atoms with van der Waals surface area (Å²) >= 11 is 3.55. The number of aromatic nitrogens is 1. The van der Waals surface area contributed by atoms with Gasteiger partial charge in [-0.3, -0.25) is 0 Å². The van der Waals surface area contributed by atoms with E-state index in [9.17, 15) is 5.26 Å². The summed E-state index contributed by atoms with van der Waals surface area (Å²) in [7, 11) is 0. The molecule has 0 aliphatic carbocycles. The van der Waals surface area contributed by atoms with Crippen LogP contribution in [0.3, 0.4) is 0 Å². The first kappa shape index (κ1) is 15.6. The van der Waals surface area contributed by atoms with E-state index in [1.807, 2.05) is 54.6 Å². The summed E-state index contributed by atoms with van der Waals surface area (Å²) in [4.78, 5) is 4.81. The quantitative estimate of drug-likeness (QED) is 0.412. The second-order valence-electron chi connectivity index (χ2n) is 5.74. The molecular weight excluding hydrogens is 372 g/mol. The van der Waals surface area contributed by atoms with Gasteiger partial charge in [0.2, 0.25) is 0 Å². The average molecular weight is 385 g/mol. The summed E-state index contributed by atoms with van der Waals surface area (Å²) in [5.41, 5.74) is 5.44. The molecule has 0 N–H and O–H groups in total. The number of rotatable bonds is 2. The predicted molar refractivity (Wildman–Crippen MR) is 105 cm³/mol. The highest BCUT2D eigenvalue weighted by molar-refractivity contribution is 9.10. The van der Waals surface area contributed by atoms with E-state index in [0.717, 1.165) is 37.8 Å². The van der Waals surface area contributed by atoms with Crippen molar-refractivity contribution in [2.45, 2.75) is 0 Å². The summed E-state index contributed by atoms with van der Waals surface area (Å²) < 4.78 is 1.02. The number of hydrogen-bond donors (Lipinski definition) is 0. The normalized spacial score (nSPS) is 10.6. The lowest BCUT2D eigenvalue weighted by Crippen LogP contribution is -1.92. The van der Waals surface area contributed by atoms with Gasteiger partial charge in [0, 0.05) is 15.4 Å². The average Bonchev–Trinajstić information content (AvgIpc) is 2.68. The van der Waals surface area contributed by atoms with E-state index in [0.29, 0.717) is 5.56 Å². The molecule has 0 aliphatic heterocycles. The van der Waals surface area contributed by atoms with Crippen LogP contribution in [0.2, 0.25) is 0 Å². The molecule has 0 atom stereocenters. The molecule has 0 fully saturated rings. The molecule has 3 heteroatoms. The summed E-state index contributed by atoms with van der Waals surface area (Å²) in [6, 6.07) is 28.2. The van der Waals surface area contributed by atoms with E-state index >= 15 is 0 Å². The minimum Gasteiger partial charge on any atom is -0.248 e. The Morgan fingerprint density at radius 3 is 2.36 bits per heavy atom. The number of pyridine rings is 1. The number of nitriles is 1. The van der Waals surface area contributed by atoms with Gasteiger partial charge in [0.05, 0.1) is 22.8 Å². The molecule has 0 saturated carbocycles. The van der Waals surface area contributed by atoms with Crippen molar-refractivity contribution in [2.75, 3.05) is 0 Å². The highest BCUT2D eigenvalue weighted by Crippen LogP contribution is 2.34. The summed E-state index contributed by atoms with van der Waals surface area (Å²) in [6.45, 7) is 0. The van der Waals surface area contributed by atoms with Gasteiger partial charge in [0.15, 0.2) is 0 Å². The Morgan fingerprint density at radius 1 is 0.800 bits per heavy atom. The van der Waals surface area contributed by atoms with Crippen molar-refractivity contribution in [1.29, 1.82) is 5.26 Å². The van der Waals surface area contributed by atoms with Crippen LogP contribution < -0.4 is 0 Å². The zero-order chi connectivity index (χ0) is 17.2. The van der Waals surface area contributed by atoms with Crippen molar-refractivity contribution < 1.29 is 0 Å². The lowest BCUT2D eigenvalue weighted by molar-refractivity contribution is 1.38. The van der Waals surface area contributed by atoms with E-state index in [2.05, 4.69) is 46.3 Å². The van der Waals surface area contributed by atoms with Crippen LogP contribution in [-0.2, 0) is 0 Å². The molecule has 118 valence electrons. The van der Waals surface area contributed by atoms with Crippen LogP contribution in [0.1, 0.15) is 5.56 Å². The van der Waals surface area contributed by atoms with Crippen LogP contribution in [0.25, 0.3) is 33.3 Å². The van der Waals surface area contributed by atoms with Crippen molar-refractivity contribution in [3.05, 3.63) is 88.9 Å². The molecule has 3 aromatic carbocycles. The highest BCUT2D eigenvalue weighted by atomic mass is 79.9. The summed E-state index contributed by atoms with van der Waals surface area (Å²) in [6.07, 6.45) is 0. The Hall–Kier alpha value is -2.96. The van der Waals surface area contributed by atoms with Gasteiger partial charge in [0.25, 0.3) is 0 Å².